The molecular formula is C8H12N2O4S. The molecular weight excluding hydrogens is 220 g/mol. The summed E-state index contributed by atoms with van der Waals surface area (Å²) in [4.78, 5) is 11.3. The Balaban J connectivity index is 3.20. The van der Waals surface area contributed by atoms with Gasteiger partial charge in [-0.25, -0.2) is 0 Å². The lowest BCUT2D eigenvalue weighted by Gasteiger charge is -2.33. The lowest BCUT2D eigenvalue weighted by Crippen LogP contribution is -2.61. The van der Waals surface area contributed by atoms with Crippen molar-refractivity contribution in [3.63, 3.8) is 0 Å². The van der Waals surface area contributed by atoms with Crippen molar-refractivity contribution in [1.82, 2.24) is 5.32 Å². The maximum absolute atomic E-state index is 11.3. The first kappa shape index (κ1) is 11.7. The van der Waals surface area contributed by atoms with Crippen molar-refractivity contribution < 1.29 is 17.8 Å². The predicted octanol–water partition coefficient (Wildman–Crippen LogP) is -0.840. The molecule has 2 unspecified atom stereocenters. The number of hydrogen-bond donors (Lipinski definition) is 3. The van der Waals surface area contributed by atoms with Crippen LogP contribution in [-0.2, 0) is 14.9 Å². The normalized spacial score (nSPS) is 27.1. The summed E-state index contributed by atoms with van der Waals surface area (Å²) in [6.45, 7) is 1.20. The Kier molecular flexibility index (Phi) is 2.87. The zero-order chi connectivity index (χ0) is 11.7. The molecule has 0 saturated carbocycles. The number of rotatable bonds is 3. The Morgan fingerprint density at radius 3 is 2.47 bits per heavy atom. The van der Waals surface area contributed by atoms with Gasteiger partial charge in [0.05, 0.1) is 0 Å². The number of nitrogens with two attached hydrogens (primary N) is 1. The minimum absolute atomic E-state index is 0.867. The highest BCUT2D eigenvalue weighted by molar-refractivity contribution is 7.86. The summed E-state index contributed by atoms with van der Waals surface area (Å²) >= 11 is 0. The van der Waals surface area contributed by atoms with Crippen LogP contribution in [0, 0.1) is 0 Å². The molecule has 0 spiro atoms. The van der Waals surface area contributed by atoms with E-state index in [1.807, 2.05) is 0 Å². The van der Waals surface area contributed by atoms with Crippen molar-refractivity contribution in [2.75, 3.05) is 0 Å². The highest BCUT2D eigenvalue weighted by atomic mass is 32.2. The number of dihydropyridines is 1. The van der Waals surface area contributed by atoms with Gasteiger partial charge < -0.3 is 11.1 Å². The maximum atomic E-state index is 11.3. The van der Waals surface area contributed by atoms with Crippen molar-refractivity contribution in [1.29, 1.82) is 0 Å². The molecule has 0 aromatic rings. The molecule has 1 aliphatic heterocycles. The van der Waals surface area contributed by atoms with Crippen LogP contribution in [0.2, 0.25) is 0 Å². The van der Waals surface area contributed by atoms with Gasteiger partial charge in [0.2, 0.25) is 5.91 Å². The zero-order valence-electron chi connectivity index (χ0n) is 8.04. The molecule has 4 N–H and O–H groups in total. The van der Waals surface area contributed by atoms with Gasteiger partial charge in [0.1, 0.15) is 5.25 Å². The molecule has 0 aliphatic carbocycles. The van der Waals surface area contributed by atoms with Crippen LogP contribution in [0.4, 0.5) is 0 Å². The highest BCUT2D eigenvalue weighted by Gasteiger charge is 2.46. The molecule has 1 heterocycles. The van der Waals surface area contributed by atoms with E-state index in [1.165, 1.54) is 25.3 Å². The minimum Gasteiger partial charge on any atom is -0.373 e. The number of carbonyl (C=O) groups excluding carboxylic acids is 1. The fraction of sp³-hybridized carbons (Fsp3) is 0.375. The van der Waals surface area contributed by atoms with Crippen LogP contribution >= 0.6 is 0 Å². The molecule has 15 heavy (non-hydrogen) atoms. The van der Waals surface area contributed by atoms with Gasteiger partial charge in [0.25, 0.3) is 10.1 Å². The summed E-state index contributed by atoms with van der Waals surface area (Å²) in [7, 11) is -4.35. The number of primary amides is 1. The Labute approximate surface area is 87.6 Å². The van der Waals surface area contributed by atoms with E-state index >= 15 is 0 Å². The Morgan fingerprint density at radius 2 is 2.13 bits per heavy atom. The molecule has 1 rings (SSSR count). The molecule has 7 heteroatoms. The fourth-order valence-electron chi connectivity index (χ4n) is 1.34. The quantitative estimate of drug-likeness (QED) is 0.550. The third-order valence-corrected chi connectivity index (χ3v) is 3.65. The topological polar surface area (TPSA) is 109 Å². The van der Waals surface area contributed by atoms with Gasteiger partial charge in [-0.15, -0.1) is 0 Å². The van der Waals surface area contributed by atoms with Gasteiger partial charge in [0.15, 0.2) is 5.54 Å². The average Bonchev–Trinajstić information content (AvgIpc) is 2.16. The Morgan fingerprint density at radius 1 is 1.53 bits per heavy atom. The highest BCUT2D eigenvalue weighted by Crippen LogP contribution is 2.21. The number of allylic oxidation sites excluding steroid dienone is 2. The molecule has 1 amide bonds. The monoisotopic (exact) mass is 232 g/mol. The van der Waals surface area contributed by atoms with Gasteiger partial charge in [-0.2, -0.15) is 8.42 Å². The summed E-state index contributed by atoms with van der Waals surface area (Å²) in [6, 6.07) is 0. The van der Waals surface area contributed by atoms with E-state index in [9.17, 15) is 13.2 Å². The molecule has 0 bridgehead atoms. The summed E-state index contributed by atoms with van der Waals surface area (Å²) in [5.41, 5.74) is 3.54. The first-order chi connectivity index (χ1) is 6.81. The molecule has 0 saturated heterocycles. The second-order valence-electron chi connectivity index (χ2n) is 3.25. The third-order valence-electron chi connectivity index (χ3n) is 2.38. The van der Waals surface area contributed by atoms with E-state index < -0.39 is 26.8 Å². The van der Waals surface area contributed by atoms with Crippen LogP contribution in [-0.4, -0.2) is 29.7 Å². The van der Waals surface area contributed by atoms with Crippen molar-refractivity contribution in [2.24, 2.45) is 5.73 Å². The summed E-state index contributed by atoms with van der Waals surface area (Å²) < 4.78 is 30.9. The van der Waals surface area contributed by atoms with Gasteiger partial charge in [-0.1, -0.05) is 6.08 Å². The van der Waals surface area contributed by atoms with Crippen molar-refractivity contribution in [3.8, 4) is 0 Å². The van der Waals surface area contributed by atoms with E-state index in [2.05, 4.69) is 5.32 Å². The molecule has 1 aliphatic rings. The first-order valence-electron chi connectivity index (χ1n) is 4.19. The number of amides is 1. The van der Waals surface area contributed by atoms with Crippen molar-refractivity contribution in [3.05, 3.63) is 24.4 Å². The summed E-state index contributed by atoms with van der Waals surface area (Å²) in [5.74, 6) is -0.867. The third kappa shape index (κ3) is 2.02. The lowest BCUT2D eigenvalue weighted by atomic mass is 9.93. The maximum Gasteiger partial charge on any atom is 0.270 e. The van der Waals surface area contributed by atoms with E-state index in [0.29, 0.717) is 0 Å². The van der Waals surface area contributed by atoms with E-state index in [4.69, 9.17) is 10.3 Å². The van der Waals surface area contributed by atoms with E-state index in [-0.39, 0.29) is 0 Å². The molecule has 0 aromatic carbocycles. The van der Waals surface area contributed by atoms with Crippen LogP contribution in [0.3, 0.4) is 0 Å². The molecule has 84 valence electrons. The summed E-state index contributed by atoms with van der Waals surface area (Å²) in [6.07, 6.45) is 5.78. The second-order valence-corrected chi connectivity index (χ2v) is 4.99. The Hall–Kier alpha value is -1.34. The molecule has 6 nitrogen and oxygen atoms in total. The minimum atomic E-state index is -4.35. The largest absolute Gasteiger partial charge is 0.373 e. The standard InChI is InChI=1S/C8H12N2O4S/c1-6(15(12,13)14)8(7(9)11)4-2-3-5-10-8/h2-6,10H,1H3,(H2,9,11)(H,12,13,14). The van der Waals surface area contributed by atoms with Gasteiger partial charge in [0, 0.05) is 0 Å². The number of hydrogen-bond acceptors (Lipinski definition) is 4. The van der Waals surface area contributed by atoms with Crippen molar-refractivity contribution in [2.45, 2.75) is 17.7 Å². The van der Waals surface area contributed by atoms with Crippen LogP contribution < -0.4 is 11.1 Å². The second kappa shape index (κ2) is 3.67. The van der Waals surface area contributed by atoms with Gasteiger partial charge in [-0.3, -0.25) is 9.35 Å². The molecule has 0 fully saturated rings. The average molecular weight is 232 g/mol. The predicted molar refractivity (Wildman–Crippen MR) is 54.4 cm³/mol. The molecule has 0 aromatic heterocycles. The Bertz CT molecular complexity index is 426. The fourth-order valence-corrected chi connectivity index (χ4v) is 2.07. The van der Waals surface area contributed by atoms with Crippen LogP contribution in [0.1, 0.15) is 6.92 Å². The van der Waals surface area contributed by atoms with Crippen LogP contribution in [0.25, 0.3) is 0 Å². The lowest BCUT2D eigenvalue weighted by molar-refractivity contribution is -0.122. The smallest absolute Gasteiger partial charge is 0.270 e. The molecule has 0 radical (unpaired) electrons. The van der Waals surface area contributed by atoms with Crippen LogP contribution in [0.5, 0.6) is 0 Å². The van der Waals surface area contributed by atoms with Gasteiger partial charge in [-0.05, 0) is 25.3 Å². The van der Waals surface area contributed by atoms with E-state index in [0.717, 1.165) is 0 Å². The number of carbonyl (C=O) groups is 1. The SMILES string of the molecule is CC(C1(C(N)=O)C=CC=CN1)S(=O)(=O)O. The number of nitrogens with one attached hydrogen (secondary N) is 1. The zero-order valence-corrected chi connectivity index (χ0v) is 8.86. The van der Waals surface area contributed by atoms with Crippen molar-refractivity contribution >= 4 is 16.0 Å². The van der Waals surface area contributed by atoms with E-state index in [1.54, 1.807) is 6.08 Å². The summed E-state index contributed by atoms with van der Waals surface area (Å²) in [5, 5.41) is 1.20. The van der Waals surface area contributed by atoms with Gasteiger partial charge >= 0.3 is 0 Å². The van der Waals surface area contributed by atoms with Crippen LogP contribution in [0.15, 0.2) is 24.4 Å². The molecule has 2 atom stereocenters. The first-order valence-corrected chi connectivity index (χ1v) is 5.69.